The van der Waals surface area contributed by atoms with Gasteiger partial charge in [-0.15, -0.1) is 10.2 Å². The van der Waals surface area contributed by atoms with Gasteiger partial charge in [0.1, 0.15) is 0 Å². The Kier molecular flexibility index (Phi) is 6.70. The van der Waals surface area contributed by atoms with Gasteiger partial charge in [0.15, 0.2) is 0 Å². The van der Waals surface area contributed by atoms with E-state index in [0.29, 0.717) is 69.3 Å². The first kappa shape index (κ1) is 28.2. The molecule has 3 aromatic rings. The fourth-order valence-corrected chi connectivity index (χ4v) is 7.32. The van der Waals surface area contributed by atoms with E-state index >= 15 is 0 Å². The molecule has 4 aliphatic rings. The van der Waals surface area contributed by atoms with E-state index in [-0.39, 0.29) is 53.2 Å². The largest absolute Gasteiger partial charge is 0.425 e. The molecular weight excluding hydrogens is 554 g/mol. The number of alkyl halides is 2. The normalized spacial score (nSPS) is 25.6. The number of benzene rings is 1. The molecule has 0 radical (unpaired) electrons. The van der Waals surface area contributed by atoms with Crippen molar-refractivity contribution in [1.29, 1.82) is 0 Å². The highest BCUT2D eigenvalue weighted by atomic mass is 19.3. The number of halogens is 2. The molecule has 2 aliphatic heterocycles. The van der Waals surface area contributed by atoms with Crippen LogP contribution in [0, 0.1) is 22.7 Å². The standard InChI is InChI=1S/C32H38F2N6O3/c1-30(2)13-24(30)29(42)39-19-31(20-39)18-38(28(41)23-14-35-40(16-23)15-22-6-4-3-5-7-22)17-25(31)27-37-36-26(43-27)12-21-8-10-32(33,34)11-9-21/h3-7,14,16,21,24-25H,8-13,15,17-20H2,1-2H3/t24-,25?/m1/s1. The minimum absolute atomic E-state index is 0.0429. The maximum atomic E-state index is 13.7. The predicted molar refractivity (Wildman–Crippen MR) is 152 cm³/mol. The molecule has 2 aliphatic carbocycles. The molecule has 2 amide bonds. The van der Waals surface area contributed by atoms with Crippen molar-refractivity contribution in [2.24, 2.45) is 22.7 Å². The van der Waals surface area contributed by atoms with E-state index in [1.807, 2.05) is 40.1 Å². The Morgan fingerprint density at radius 2 is 1.72 bits per heavy atom. The SMILES string of the molecule is CC1(C)C[C@@H]1C(=O)N1CC2(CN(C(=O)c3cnn(Cc4ccccc4)c3)CC2c2nnc(CC3CCC(F)(F)CC3)o2)C1. The van der Waals surface area contributed by atoms with Gasteiger partial charge in [-0.3, -0.25) is 14.3 Å². The van der Waals surface area contributed by atoms with Gasteiger partial charge in [-0.05, 0) is 36.2 Å². The van der Waals surface area contributed by atoms with Gasteiger partial charge in [0.2, 0.25) is 23.6 Å². The van der Waals surface area contributed by atoms with E-state index in [0.717, 1.165) is 12.0 Å². The first-order valence-corrected chi connectivity index (χ1v) is 15.3. The van der Waals surface area contributed by atoms with E-state index in [9.17, 15) is 18.4 Å². The second kappa shape index (κ2) is 10.2. The number of rotatable bonds is 7. The maximum absolute atomic E-state index is 13.7. The van der Waals surface area contributed by atoms with Crippen molar-refractivity contribution in [2.45, 2.75) is 70.8 Å². The van der Waals surface area contributed by atoms with Gasteiger partial charge in [-0.1, -0.05) is 44.2 Å². The van der Waals surface area contributed by atoms with E-state index < -0.39 is 5.92 Å². The van der Waals surface area contributed by atoms with Crippen molar-refractivity contribution >= 4 is 11.8 Å². The summed E-state index contributed by atoms with van der Waals surface area (Å²) < 4.78 is 35.2. The van der Waals surface area contributed by atoms with Crippen molar-refractivity contribution in [3.63, 3.8) is 0 Å². The lowest BCUT2D eigenvalue weighted by Crippen LogP contribution is -2.62. The molecule has 1 spiro atoms. The Morgan fingerprint density at radius 1 is 1.02 bits per heavy atom. The molecule has 9 nitrogen and oxygen atoms in total. The number of amides is 2. The van der Waals surface area contributed by atoms with Crippen LogP contribution < -0.4 is 0 Å². The first-order chi connectivity index (χ1) is 20.5. The Hall–Kier alpha value is -3.63. The average Bonchev–Trinajstić information content (AvgIpc) is 3.42. The molecule has 11 heteroatoms. The van der Waals surface area contributed by atoms with Crippen molar-refractivity contribution in [1.82, 2.24) is 29.8 Å². The fraction of sp³-hybridized carbons (Fsp3) is 0.594. The number of carbonyl (C=O) groups is 2. The Morgan fingerprint density at radius 3 is 2.42 bits per heavy atom. The molecule has 4 fully saturated rings. The van der Waals surface area contributed by atoms with Gasteiger partial charge in [0.05, 0.1) is 24.2 Å². The number of aromatic nitrogens is 4. The number of nitrogens with zero attached hydrogens (tertiary/aromatic N) is 6. The van der Waals surface area contributed by atoms with Crippen LogP contribution in [0.25, 0.3) is 0 Å². The van der Waals surface area contributed by atoms with Crippen LogP contribution in [0.4, 0.5) is 8.78 Å². The van der Waals surface area contributed by atoms with Crippen LogP contribution in [0.1, 0.15) is 79.6 Å². The highest BCUT2D eigenvalue weighted by molar-refractivity contribution is 5.94. The van der Waals surface area contributed by atoms with Crippen molar-refractivity contribution in [2.75, 3.05) is 26.2 Å². The van der Waals surface area contributed by atoms with Crippen LogP contribution >= 0.6 is 0 Å². The molecule has 43 heavy (non-hydrogen) atoms. The number of hydrogen-bond acceptors (Lipinski definition) is 6. The number of likely N-dealkylation sites (tertiary alicyclic amines) is 2. The third-order valence-electron chi connectivity index (χ3n) is 10.2. The van der Waals surface area contributed by atoms with Gasteiger partial charge in [0.25, 0.3) is 5.91 Å². The topological polar surface area (TPSA) is 97.4 Å². The van der Waals surface area contributed by atoms with E-state index in [1.165, 1.54) is 0 Å². The summed E-state index contributed by atoms with van der Waals surface area (Å²) in [5, 5.41) is 13.1. The molecule has 1 unspecified atom stereocenters. The van der Waals surface area contributed by atoms with Crippen LogP contribution in [0.15, 0.2) is 47.1 Å². The average molecular weight is 593 g/mol. The highest BCUT2D eigenvalue weighted by Gasteiger charge is 2.61. The first-order valence-electron chi connectivity index (χ1n) is 15.3. The summed E-state index contributed by atoms with van der Waals surface area (Å²) in [5.41, 5.74) is 1.28. The predicted octanol–water partition coefficient (Wildman–Crippen LogP) is 4.80. The van der Waals surface area contributed by atoms with Crippen LogP contribution in [-0.2, 0) is 17.8 Å². The fourth-order valence-electron chi connectivity index (χ4n) is 7.32. The number of carbonyl (C=O) groups excluding carboxylic acids is 2. The molecule has 2 atom stereocenters. The third-order valence-corrected chi connectivity index (χ3v) is 10.2. The monoisotopic (exact) mass is 592 g/mol. The smallest absolute Gasteiger partial charge is 0.257 e. The lowest BCUT2D eigenvalue weighted by atomic mass is 9.71. The zero-order chi connectivity index (χ0) is 30.0. The zero-order valence-electron chi connectivity index (χ0n) is 24.7. The van der Waals surface area contributed by atoms with Gasteiger partial charge in [-0.2, -0.15) is 5.10 Å². The third kappa shape index (κ3) is 5.47. The summed E-state index contributed by atoms with van der Waals surface area (Å²) >= 11 is 0. The van der Waals surface area contributed by atoms with Crippen LogP contribution in [0.3, 0.4) is 0 Å². The zero-order valence-corrected chi connectivity index (χ0v) is 24.7. The summed E-state index contributed by atoms with van der Waals surface area (Å²) in [7, 11) is 0. The van der Waals surface area contributed by atoms with Gasteiger partial charge in [0, 0.05) is 63.0 Å². The molecule has 4 heterocycles. The van der Waals surface area contributed by atoms with Crippen LogP contribution in [0.2, 0.25) is 0 Å². The summed E-state index contributed by atoms with van der Waals surface area (Å²) in [5.74, 6) is -1.66. The summed E-state index contributed by atoms with van der Waals surface area (Å²) in [6.07, 6.45) is 5.43. The molecule has 0 N–H and O–H groups in total. The molecule has 1 aromatic carbocycles. The minimum Gasteiger partial charge on any atom is -0.425 e. The highest BCUT2D eigenvalue weighted by Crippen LogP contribution is 2.55. The lowest BCUT2D eigenvalue weighted by Gasteiger charge is -2.50. The Balaban J connectivity index is 1.07. The lowest BCUT2D eigenvalue weighted by molar-refractivity contribution is -0.146. The van der Waals surface area contributed by atoms with Gasteiger partial charge >= 0.3 is 0 Å². The minimum atomic E-state index is -2.58. The van der Waals surface area contributed by atoms with Crippen LogP contribution in [0.5, 0.6) is 0 Å². The molecule has 228 valence electrons. The maximum Gasteiger partial charge on any atom is 0.257 e. The second-order valence-electron chi connectivity index (χ2n) is 14.0. The molecule has 2 saturated carbocycles. The molecule has 0 bridgehead atoms. The summed E-state index contributed by atoms with van der Waals surface area (Å²) in [6.45, 7) is 6.76. The summed E-state index contributed by atoms with van der Waals surface area (Å²) in [6, 6.07) is 9.95. The Bertz CT molecular complexity index is 1500. The quantitative estimate of drug-likeness (QED) is 0.391. The van der Waals surface area contributed by atoms with Crippen molar-refractivity contribution in [3.8, 4) is 0 Å². The van der Waals surface area contributed by atoms with E-state index in [4.69, 9.17) is 4.42 Å². The van der Waals surface area contributed by atoms with Crippen LogP contribution in [-0.4, -0.2) is 73.7 Å². The van der Waals surface area contributed by atoms with E-state index in [2.05, 4.69) is 29.1 Å². The van der Waals surface area contributed by atoms with Crippen molar-refractivity contribution in [3.05, 3.63) is 65.6 Å². The molecule has 2 aromatic heterocycles. The van der Waals surface area contributed by atoms with Crippen molar-refractivity contribution < 1.29 is 22.8 Å². The molecule has 2 saturated heterocycles. The van der Waals surface area contributed by atoms with Gasteiger partial charge in [-0.25, -0.2) is 8.78 Å². The number of hydrogen-bond donors (Lipinski definition) is 0. The second-order valence-corrected chi connectivity index (χ2v) is 14.0. The molecular formula is C32H38F2N6O3. The van der Waals surface area contributed by atoms with E-state index in [1.54, 1.807) is 17.1 Å². The summed E-state index contributed by atoms with van der Waals surface area (Å²) in [4.78, 5) is 30.6. The van der Waals surface area contributed by atoms with Gasteiger partial charge < -0.3 is 14.2 Å². The Labute approximate surface area is 249 Å². The molecule has 7 rings (SSSR count).